The molecule has 1 aliphatic rings. The van der Waals surface area contributed by atoms with Crippen molar-refractivity contribution in [2.75, 3.05) is 18.0 Å². The van der Waals surface area contributed by atoms with Gasteiger partial charge in [0.1, 0.15) is 0 Å². The Morgan fingerprint density at radius 1 is 1.39 bits per heavy atom. The molecule has 1 aromatic carbocycles. The highest BCUT2D eigenvalue weighted by molar-refractivity contribution is 9.10. The van der Waals surface area contributed by atoms with Crippen LogP contribution in [-0.4, -0.2) is 19.1 Å². The van der Waals surface area contributed by atoms with E-state index in [1.807, 2.05) is 0 Å². The monoisotopic (exact) mass is 310 g/mol. The van der Waals surface area contributed by atoms with E-state index in [1.54, 1.807) is 0 Å². The lowest BCUT2D eigenvalue weighted by molar-refractivity contribution is 0.596. The zero-order chi connectivity index (χ0) is 13.1. The predicted molar refractivity (Wildman–Crippen MR) is 82.3 cm³/mol. The van der Waals surface area contributed by atoms with E-state index in [-0.39, 0.29) is 0 Å². The average molecular weight is 311 g/mol. The third kappa shape index (κ3) is 3.07. The van der Waals surface area contributed by atoms with Crippen molar-refractivity contribution in [3.8, 4) is 0 Å². The van der Waals surface area contributed by atoms with Crippen LogP contribution in [0.1, 0.15) is 45.2 Å². The summed E-state index contributed by atoms with van der Waals surface area (Å²) in [4.78, 5) is 2.51. The minimum atomic E-state index is 0.398. The Hall–Kier alpha value is -0.540. The standard InChI is InChI=1S/C15H23BrN2/c1-4-17-11(3)14-9-8-13(10-15(14)16)18(5-2)12-6-7-12/h8-12,17H,4-7H2,1-3H3. The van der Waals surface area contributed by atoms with E-state index in [0.717, 1.165) is 19.1 Å². The minimum Gasteiger partial charge on any atom is -0.369 e. The van der Waals surface area contributed by atoms with Crippen molar-refractivity contribution in [1.82, 2.24) is 5.32 Å². The molecule has 2 rings (SSSR count). The van der Waals surface area contributed by atoms with Crippen molar-refractivity contribution < 1.29 is 0 Å². The first-order valence-electron chi connectivity index (χ1n) is 6.96. The molecular formula is C15H23BrN2. The van der Waals surface area contributed by atoms with E-state index in [4.69, 9.17) is 0 Å². The summed E-state index contributed by atoms with van der Waals surface area (Å²) in [5.41, 5.74) is 2.69. The summed E-state index contributed by atoms with van der Waals surface area (Å²) >= 11 is 3.72. The Morgan fingerprint density at radius 2 is 2.11 bits per heavy atom. The van der Waals surface area contributed by atoms with Gasteiger partial charge >= 0.3 is 0 Å². The number of anilines is 1. The molecule has 0 radical (unpaired) electrons. The summed E-state index contributed by atoms with van der Waals surface area (Å²) in [6, 6.07) is 7.95. The molecule has 1 unspecified atom stereocenters. The van der Waals surface area contributed by atoms with E-state index in [0.29, 0.717) is 6.04 Å². The van der Waals surface area contributed by atoms with Gasteiger partial charge in [0, 0.05) is 28.8 Å². The first-order chi connectivity index (χ1) is 8.67. The SMILES string of the molecule is CCNC(C)c1ccc(N(CC)C2CC2)cc1Br. The smallest absolute Gasteiger partial charge is 0.0380 e. The summed E-state index contributed by atoms with van der Waals surface area (Å²) in [6.45, 7) is 8.69. The molecule has 1 aromatic rings. The first kappa shape index (κ1) is 13.9. The Morgan fingerprint density at radius 3 is 2.61 bits per heavy atom. The van der Waals surface area contributed by atoms with Gasteiger partial charge in [-0.15, -0.1) is 0 Å². The van der Waals surface area contributed by atoms with Gasteiger partial charge in [-0.2, -0.15) is 0 Å². The first-order valence-corrected chi connectivity index (χ1v) is 7.76. The van der Waals surface area contributed by atoms with Crippen LogP contribution in [0.25, 0.3) is 0 Å². The number of nitrogens with one attached hydrogen (secondary N) is 1. The number of rotatable bonds is 6. The fraction of sp³-hybridized carbons (Fsp3) is 0.600. The lowest BCUT2D eigenvalue weighted by Gasteiger charge is -2.24. The highest BCUT2D eigenvalue weighted by atomic mass is 79.9. The predicted octanol–water partition coefficient (Wildman–Crippen LogP) is 4.11. The molecule has 0 bridgehead atoms. The van der Waals surface area contributed by atoms with Gasteiger partial charge in [0.2, 0.25) is 0 Å². The van der Waals surface area contributed by atoms with Crippen LogP contribution in [-0.2, 0) is 0 Å². The van der Waals surface area contributed by atoms with Gasteiger partial charge in [0.05, 0.1) is 0 Å². The van der Waals surface area contributed by atoms with Crippen LogP contribution in [0.4, 0.5) is 5.69 Å². The van der Waals surface area contributed by atoms with Gasteiger partial charge in [0.15, 0.2) is 0 Å². The number of nitrogens with zero attached hydrogens (tertiary/aromatic N) is 1. The maximum Gasteiger partial charge on any atom is 0.0380 e. The molecule has 1 atom stereocenters. The van der Waals surface area contributed by atoms with Crippen molar-refractivity contribution in [3.63, 3.8) is 0 Å². The molecule has 1 N–H and O–H groups in total. The third-order valence-electron chi connectivity index (χ3n) is 3.62. The van der Waals surface area contributed by atoms with Gasteiger partial charge < -0.3 is 10.2 Å². The normalized spacial score (nSPS) is 16.7. The van der Waals surface area contributed by atoms with Crippen LogP contribution in [0.3, 0.4) is 0 Å². The summed E-state index contributed by atoms with van der Waals surface area (Å²) in [5, 5.41) is 3.46. The Balaban J connectivity index is 2.18. The van der Waals surface area contributed by atoms with Crippen LogP contribution in [0.15, 0.2) is 22.7 Å². The van der Waals surface area contributed by atoms with E-state index >= 15 is 0 Å². The number of halogens is 1. The second-order valence-electron chi connectivity index (χ2n) is 5.00. The van der Waals surface area contributed by atoms with Crippen molar-refractivity contribution >= 4 is 21.6 Å². The minimum absolute atomic E-state index is 0.398. The fourth-order valence-electron chi connectivity index (χ4n) is 2.50. The van der Waals surface area contributed by atoms with E-state index in [9.17, 15) is 0 Å². The summed E-state index contributed by atoms with van der Waals surface area (Å²) < 4.78 is 1.22. The highest BCUT2D eigenvalue weighted by Gasteiger charge is 2.28. The summed E-state index contributed by atoms with van der Waals surface area (Å²) in [5.74, 6) is 0. The van der Waals surface area contributed by atoms with Crippen molar-refractivity contribution in [2.24, 2.45) is 0 Å². The van der Waals surface area contributed by atoms with E-state index in [2.05, 4.69) is 65.1 Å². The average Bonchev–Trinajstić information content (AvgIpc) is 3.15. The second-order valence-corrected chi connectivity index (χ2v) is 5.86. The Kier molecular flexibility index (Phi) is 4.68. The largest absolute Gasteiger partial charge is 0.369 e. The Labute approximate surface area is 119 Å². The zero-order valence-electron chi connectivity index (χ0n) is 11.5. The van der Waals surface area contributed by atoms with Gasteiger partial charge in [-0.3, -0.25) is 0 Å². The molecule has 1 fully saturated rings. The molecule has 0 aliphatic heterocycles. The zero-order valence-corrected chi connectivity index (χ0v) is 13.1. The van der Waals surface area contributed by atoms with Crippen molar-refractivity contribution in [3.05, 3.63) is 28.2 Å². The molecule has 1 saturated carbocycles. The Bertz CT molecular complexity index is 401. The molecule has 0 aromatic heterocycles. The van der Waals surface area contributed by atoms with E-state index < -0.39 is 0 Å². The quantitative estimate of drug-likeness (QED) is 0.850. The molecule has 1 aliphatic carbocycles. The van der Waals surface area contributed by atoms with Crippen LogP contribution in [0.5, 0.6) is 0 Å². The number of benzene rings is 1. The van der Waals surface area contributed by atoms with Gasteiger partial charge in [-0.05, 0) is 50.9 Å². The lowest BCUT2D eigenvalue weighted by atomic mass is 10.1. The number of hydrogen-bond acceptors (Lipinski definition) is 2. The van der Waals surface area contributed by atoms with Gasteiger partial charge in [0.25, 0.3) is 0 Å². The van der Waals surface area contributed by atoms with Crippen LogP contribution >= 0.6 is 15.9 Å². The maximum absolute atomic E-state index is 3.72. The molecule has 0 saturated heterocycles. The maximum atomic E-state index is 3.72. The lowest BCUT2D eigenvalue weighted by Crippen LogP contribution is -2.25. The van der Waals surface area contributed by atoms with Crippen molar-refractivity contribution in [2.45, 2.75) is 45.7 Å². The molecule has 0 heterocycles. The van der Waals surface area contributed by atoms with Crippen molar-refractivity contribution in [1.29, 1.82) is 0 Å². The topological polar surface area (TPSA) is 15.3 Å². The molecule has 100 valence electrons. The van der Waals surface area contributed by atoms with Crippen LogP contribution in [0, 0.1) is 0 Å². The molecule has 18 heavy (non-hydrogen) atoms. The van der Waals surface area contributed by atoms with Gasteiger partial charge in [-0.1, -0.05) is 28.9 Å². The third-order valence-corrected chi connectivity index (χ3v) is 4.31. The molecule has 0 amide bonds. The van der Waals surface area contributed by atoms with Crippen LogP contribution < -0.4 is 10.2 Å². The summed E-state index contributed by atoms with van der Waals surface area (Å²) in [6.07, 6.45) is 2.70. The van der Waals surface area contributed by atoms with Gasteiger partial charge in [-0.25, -0.2) is 0 Å². The van der Waals surface area contributed by atoms with Crippen LogP contribution in [0.2, 0.25) is 0 Å². The molecule has 3 heteroatoms. The second kappa shape index (κ2) is 6.07. The molecular weight excluding hydrogens is 288 g/mol. The number of hydrogen-bond donors (Lipinski definition) is 1. The fourth-order valence-corrected chi connectivity index (χ4v) is 3.21. The van der Waals surface area contributed by atoms with E-state index in [1.165, 1.54) is 28.6 Å². The molecule has 2 nitrogen and oxygen atoms in total. The summed E-state index contributed by atoms with van der Waals surface area (Å²) in [7, 11) is 0. The molecule has 0 spiro atoms. The highest BCUT2D eigenvalue weighted by Crippen LogP contribution is 2.34.